The number of methoxy groups -OCH3 is 1. The molecular formula is C16H15N5O. The van der Waals surface area contributed by atoms with Crippen LogP contribution in [0.5, 0.6) is 5.75 Å². The molecule has 1 aromatic carbocycles. The highest BCUT2D eigenvalue weighted by atomic mass is 16.5. The molecule has 6 heteroatoms. The van der Waals surface area contributed by atoms with Gasteiger partial charge in [-0.1, -0.05) is 18.2 Å². The second-order valence-corrected chi connectivity index (χ2v) is 4.68. The zero-order chi connectivity index (χ0) is 15.5. The number of anilines is 2. The summed E-state index contributed by atoms with van der Waals surface area (Å²) in [5, 5.41) is 0. The Kier molecular flexibility index (Phi) is 3.57. The molecule has 6 nitrogen and oxygen atoms in total. The Balaban J connectivity index is 1.91. The molecule has 0 saturated carbocycles. The maximum Gasteiger partial charge on any atom is 0.222 e. The van der Waals surface area contributed by atoms with Crippen LogP contribution < -0.4 is 16.2 Å². The van der Waals surface area contributed by atoms with Crippen LogP contribution in [-0.2, 0) is 0 Å². The van der Waals surface area contributed by atoms with Gasteiger partial charge in [-0.15, -0.1) is 0 Å². The lowest BCUT2D eigenvalue weighted by Crippen LogP contribution is -2.02. The molecule has 0 spiro atoms. The fraction of sp³-hybridized carbons (Fsp3) is 0.0625. The van der Waals surface area contributed by atoms with Crippen molar-refractivity contribution in [1.82, 2.24) is 15.0 Å². The first-order valence-electron chi connectivity index (χ1n) is 6.67. The molecule has 2 aromatic heterocycles. The van der Waals surface area contributed by atoms with Crippen molar-refractivity contribution >= 4 is 35.0 Å². The van der Waals surface area contributed by atoms with Crippen LogP contribution in [0.3, 0.4) is 0 Å². The van der Waals surface area contributed by atoms with E-state index in [1.165, 1.54) is 0 Å². The summed E-state index contributed by atoms with van der Waals surface area (Å²) in [6.07, 6.45) is 3.86. The molecule has 4 N–H and O–H groups in total. The summed E-state index contributed by atoms with van der Waals surface area (Å²) < 4.78 is 5.13. The number of benzene rings is 1. The highest BCUT2D eigenvalue weighted by Crippen LogP contribution is 2.18. The van der Waals surface area contributed by atoms with Gasteiger partial charge in [-0.3, -0.25) is 0 Å². The lowest BCUT2D eigenvalue weighted by molar-refractivity contribution is 0.415. The lowest BCUT2D eigenvalue weighted by Gasteiger charge is -2.02. The molecule has 3 rings (SSSR count). The van der Waals surface area contributed by atoms with E-state index in [-0.39, 0.29) is 11.8 Å². The summed E-state index contributed by atoms with van der Waals surface area (Å²) in [5.74, 6) is 1.25. The number of nitrogens with two attached hydrogens (primary N) is 2. The number of nitrogens with zero attached hydrogens (tertiary/aromatic N) is 3. The fourth-order valence-corrected chi connectivity index (χ4v) is 2.06. The minimum atomic E-state index is 0.147. The number of ether oxygens (including phenoxy) is 1. The van der Waals surface area contributed by atoms with Crippen molar-refractivity contribution in [3.8, 4) is 5.75 Å². The Hall–Kier alpha value is -3.15. The van der Waals surface area contributed by atoms with E-state index in [0.717, 1.165) is 17.0 Å². The minimum Gasteiger partial charge on any atom is -0.497 e. The highest BCUT2D eigenvalue weighted by Gasteiger charge is 2.04. The van der Waals surface area contributed by atoms with Crippen molar-refractivity contribution in [2.45, 2.75) is 0 Å². The third-order valence-corrected chi connectivity index (χ3v) is 3.17. The molecule has 0 saturated heterocycles. The molecule has 0 fully saturated rings. The van der Waals surface area contributed by atoms with E-state index in [1.54, 1.807) is 7.11 Å². The molecule has 0 unspecified atom stereocenters. The van der Waals surface area contributed by atoms with Crippen LogP contribution in [-0.4, -0.2) is 22.1 Å². The van der Waals surface area contributed by atoms with Gasteiger partial charge in [0.1, 0.15) is 11.3 Å². The third kappa shape index (κ3) is 2.80. The number of fused-ring (bicyclic) bond motifs is 1. The maximum absolute atomic E-state index is 5.83. The summed E-state index contributed by atoms with van der Waals surface area (Å²) in [6.45, 7) is 0. The predicted molar refractivity (Wildman–Crippen MR) is 88.1 cm³/mol. The number of nitrogen functional groups attached to an aromatic ring is 2. The van der Waals surface area contributed by atoms with E-state index in [0.29, 0.717) is 11.0 Å². The first kappa shape index (κ1) is 13.8. The quantitative estimate of drug-likeness (QED) is 0.769. The number of hydrogen-bond donors (Lipinski definition) is 2. The predicted octanol–water partition coefficient (Wildman–Crippen LogP) is 2.37. The van der Waals surface area contributed by atoms with Crippen LogP contribution in [0.2, 0.25) is 0 Å². The van der Waals surface area contributed by atoms with Crippen LogP contribution in [0.4, 0.5) is 11.8 Å². The summed E-state index contributed by atoms with van der Waals surface area (Å²) in [7, 11) is 1.64. The van der Waals surface area contributed by atoms with E-state index in [1.807, 2.05) is 48.6 Å². The summed E-state index contributed by atoms with van der Waals surface area (Å²) >= 11 is 0. The van der Waals surface area contributed by atoms with Gasteiger partial charge in [-0.05, 0) is 35.9 Å². The molecule has 0 aliphatic heterocycles. The lowest BCUT2D eigenvalue weighted by atomic mass is 10.2. The largest absolute Gasteiger partial charge is 0.497 e. The Bertz CT molecular complexity index is 843. The van der Waals surface area contributed by atoms with Crippen molar-refractivity contribution in [2.24, 2.45) is 0 Å². The minimum absolute atomic E-state index is 0.147. The summed E-state index contributed by atoms with van der Waals surface area (Å²) in [4.78, 5) is 12.5. The first-order chi connectivity index (χ1) is 10.7. The zero-order valence-corrected chi connectivity index (χ0v) is 12.0. The number of hydrogen-bond acceptors (Lipinski definition) is 6. The topological polar surface area (TPSA) is 99.9 Å². The maximum atomic E-state index is 5.83. The van der Waals surface area contributed by atoms with Crippen molar-refractivity contribution in [2.75, 3.05) is 18.6 Å². The summed E-state index contributed by atoms with van der Waals surface area (Å²) in [5.41, 5.74) is 14.4. The van der Waals surface area contributed by atoms with Crippen LogP contribution in [0.15, 0.2) is 36.4 Å². The van der Waals surface area contributed by atoms with Gasteiger partial charge in [0.2, 0.25) is 5.95 Å². The standard InChI is InChI=1S/C16H15N5O/c1-22-12-7-3-10(4-8-12)2-5-11-6-9-13-14(19-11)15(17)21-16(18)20-13/h2-9H,1H3,(H4,17,18,20,21)/b5-2+. The second kappa shape index (κ2) is 5.69. The van der Waals surface area contributed by atoms with Crippen LogP contribution in [0, 0.1) is 0 Å². The number of rotatable bonds is 3. The van der Waals surface area contributed by atoms with Crippen molar-refractivity contribution in [3.05, 3.63) is 47.7 Å². The Labute approximate surface area is 127 Å². The van der Waals surface area contributed by atoms with Crippen molar-refractivity contribution < 1.29 is 4.74 Å². The fourth-order valence-electron chi connectivity index (χ4n) is 2.06. The molecule has 0 amide bonds. The zero-order valence-electron chi connectivity index (χ0n) is 12.0. The SMILES string of the molecule is COc1ccc(/C=C/c2ccc3nc(N)nc(N)c3n2)cc1. The molecule has 3 aromatic rings. The van der Waals surface area contributed by atoms with Gasteiger partial charge in [0.05, 0.1) is 18.3 Å². The van der Waals surface area contributed by atoms with Gasteiger partial charge in [0, 0.05) is 0 Å². The van der Waals surface area contributed by atoms with E-state index in [2.05, 4.69) is 15.0 Å². The van der Waals surface area contributed by atoms with Gasteiger partial charge in [0.25, 0.3) is 0 Å². The molecule has 0 aliphatic rings. The normalized spacial score (nSPS) is 11.1. The Morgan fingerprint density at radius 2 is 1.68 bits per heavy atom. The molecular weight excluding hydrogens is 278 g/mol. The Morgan fingerprint density at radius 1 is 0.909 bits per heavy atom. The van der Waals surface area contributed by atoms with Gasteiger partial charge in [-0.25, -0.2) is 9.97 Å². The molecule has 0 atom stereocenters. The van der Waals surface area contributed by atoms with E-state index in [9.17, 15) is 0 Å². The first-order valence-corrected chi connectivity index (χ1v) is 6.67. The molecule has 0 bridgehead atoms. The number of pyridine rings is 1. The molecule has 0 radical (unpaired) electrons. The van der Waals surface area contributed by atoms with Gasteiger partial charge in [-0.2, -0.15) is 4.98 Å². The molecule has 2 heterocycles. The van der Waals surface area contributed by atoms with Crippen LogP contribution >= 0.6 is 0 Å². The van der Waals surface area contributed by atoms with E-state index < -0.39 is 0 Å². The molecule has 22 heavy (non-hydrogen) atoms. The van der Waals surface area contributed by atoms with E-state index in [4.69, 9.17) is 16.2 Å². The van der Waals surface area contributed by atoms with Crippen LogP contribution in [0.1, 0.15) is 11.3 Å². The number of aromatic nitrogens is 3. The summed E-state index contributed by atoms with van der Waals surface area (Å²) in [6, 6.07) is 11.4. The molecule has 0 aliphatic carbocycles. The van der Waals surface area contributed by atoms with E-state index >= 15 is 0 Å². The van der Waals surface area contributed by atoms with Gasteiger partial charge >= 0.3 is 0 Å². The highest BCUT2D eigenvalue weighted by molar-refractivity contribution is 5.86. The average molecular weight is 293 g/mol. The van der Waals surface area contributed by atoms with Gasteiger partial charge < -0.3 is 16.2 Å². The van der Waals surface area contributed by atoms with Gasteiger partial charge in [0.15, 0.2) is 5.82 Å². The average Bonchev–Trinajstić information content (AvgIpc) is 2.53. The Morgan fingerprint density at radius 3 is 2.41 bits per heavy atom. The smallest absolute Gasteiger partial charge is 0.222 e. The van der Waals surface area contributed by atoms with Crippen molar-refractivity contribution in [3.63, 3.8) is 0 Å². The van der Waals surface area contributed by atoms with Crippen LogP contribution in [0.25, 0.3) is 23.2 Å². The monoisotopic (exact) mass is 293 g/mol. The third-order valence-electron chi connectivity index (χ3n) is 3.17. The second-order valence-electron chi connectivity index (χ2n) is 4.68. The molecule has 110 valence electrons. The van der Waals surface area contributed by atoms with Crippen molar-refractivity contribution in [1.29, 1.82) is 0 Å².